The summed E-state index contributed by atoms with van der Waals surface area (Å²) in [6, 6.07) is 15.4. The van der Waals surface area contributed by atoms with Crippen LogP contribution in [0.3, 0.4) is 0 Å². The third-order valence-corrected chi connectivity index (χ3v) is 5.46. The van der Waals surface area contributed by atoms with E-state index >= 15 is 0 Å². The molecular formula is C22H17ClFN3O. The molecule has 2 aromatic carbocycles. The minimum Gasteiger partial charge on any atom is -0.384 e. The zero-order chi connectivity index (χ0) is 19.8. The normalized spacial score (nSPS) is 19.5. The Morgan fingerprint density at radius 1 is 1.14 bits per heavy atom. The zero-order valence-electron chi connectivity index (χ0n) is 15.0. The molecule has 0 saturated carbocycles. The quantitative estimate of drug-likeness (QED) is 0.796. The fourth-order valence-electron chi connectivity index (χ4n) is 3.98. The van der Waals surface area contributed by atoms with E-state index in [4.69, 9.17) is 17.3 Å². The average molecular weight is 394 g/mol. The van der Waals surface area contributed by atoms with Crippen molar-refractivity contribution in [2.45, 2.75) is 25.2 Å². The molecule has 1 aliphatic heterocycles. The van der Waals surface area contributed by atoms with Gasteiger partial charge in [0.2, 0.25) is 0 Å². The molecule has 2 aromatic rings. The number of carbonyl (C=O) groups excluding carboxylic acids is 1. The minimum atomic E-state index is -0.576. The molecule has 6 heteroatoms. The highest BCUT2D eigenvalue weighted by Gasteiger charge is 2.40. The first-order valence-electron chi connectivity index (χ1n) is 8.99. The summed E-state index contributed by atoms with van der Waals surface area (Å²) < 4.78 is 14.6. The van der Waals surface area contributed by atoms with Crippen molar-refractivity contribution in [1.29, 1.82) is 5.26 Å². The van der Waals surface area contributed by atoms with Crippen molar-refractivity contribution in [3.8, 4) is 6.07 Å². The van der Waals surface area contributed by atoms with Crippen LogP contribution in [0.5, 0.6) is 0 Å². The Labute approximate surface area is 167 Å². The standard InChI is InChI=1S/C22H17ClFN3O/c23-14-10-8-13(9-11-14)20-15(12-25)22(26)27(17-5-2-1-4-16(17)24)18-6-3-7-19(28)21(18)20/h1-2,4-5,8-11,20H,3,6-7,26H2. The number of nitriles is 1. The summed E-state index contributed by atoms with van der Waals surface area (Å²) in [4.78, 5) is 14.5. The Kier molecular flexibility index (Phi) is 4.66. The van der Waals surface area contributed by atoms with Crippen LogP contribution in [-0.4, -0.2) is 5.78 Å². The molecule has 0 radical (unpaired) electrons. The van der Waals surface area contributed by atoms with E-state index in [0.717, 1.165) is 5.56 Å². The van der Waals surface area contributed by atoms with Gasteiger partial charge in [-0.05, 0) is 42.7 Å². The first-order chi connectivity index (χ1) is 13.5. The molecule has 1 atom stereocenters. The number of carbonyl (C=O) groups is 1. The summed E-state index contributed by atoms with van der Waals surface area (Å²) in [5.41, 5.74) is 8.81. The number of nitrogens with zero attached hydrogens (tertiary/aromatic N) is 2. The highest BCUT2D eigenvalue weighted by Crippen LogP contribution is 2.46. The van der Waals surface area contributed by atoms with E-state index in [1.165, 1.54) is 11.0 Å². The summed E-state index contributed by atoms with van der Waals surface area (Å²) in [6.07, 6.45) is 1.64. The van der Waals surface area contributed by atoms with Gasteiger partial charge in [0.25, 0.3) is 0 Å². The van der Waals surface area contributed by atoms with Gasteiger partial charge in [-0.3, -0.25) is 9.69 Å². The van der Waals surface area contributed by atoms with Crippen LogP contribution in [0.2, 0.25) is 5.02 Å². The SMILES string of the molecule is N#CC1=C(N)N(c2ccccc2F)C2=C(C(=O)CCC2)C1c1ccc(Cl)cc1. The number of benzene rings is 2. The highest BCUT2D eigenvalue weighted by molar-refractivity contribution is 6.30. The molecule has 28 heavy (non-hydrogen) atoms. The lowest BCUT2D eigenvalue weighted by Gasteiger charge is -2.39. The summed E-state index contributed by atoms with van der Waals surface area (Å²) in [7, 11) is 0. The first kappa shape index (κ1) is 18.3. The Hall–Kier alpha value is -3.10. The second-order valence-electron chi connectivity index (χ2n) is 6.82. The third-order valence-electron chi connectivity index (χ3n) is 5.21. The molecule has 1 aliphatic carbocycles. The second-order valence-corrected chi connectivity index (χ2v) is 7.26. The maximum atomic E-state index is 14.6. The monoisotopic (exact) mass is 393 g/mol. The molecule has 4 nitrogen and oxygen atoms in total. The maximum absolute atomic E-state index is 14.6. The Bertz CT molecular complexity index is 1070. The van der Waals surface area contributed by atoms with Crippen molar-refractivity contribution in [1.82, 2.24) is 0 Å². The van der Waals surface area contributed by atoms with E-state index in [9.17, 15) is 14.4 Å². The number of Topliss-reactive ketones (excluding diaryl/α,β-unsaturated/α-hetero) is 1. The van der Waals surface area contributed by atoms with Gasteiger partial charge in [0.1, 0.15) is 11.6 Å². The third kappa shape index (κ3) is 2.87. The van der Waals surface area contributed by atoms with Crippen LogP contribution in [0.1, 0.15) is 30.7 Å². The molecule has 2 N–H and O–H groups in total. The van der Waals surface area contributed by atoms with Crippen molar-refractivity contribution in [3.63, 3.8) is 0 Å². The lowest BCUT2D eigenvalue weighted by atomic mass is 9.75. The largest absolute Gasteiger partial charge is 0.384 e. The van der Waals surface area contributed by atoms with Gasteiger partial charge < -0.3 is 5.73 Å². The van der Waals surface area contributed by atoms with Crippen LogP contribution < -0.4 is 10.6 Å². The van der Waals surface area contributed by atoms with Crippen molar-refractivity contribution in [2.75, 3.05) is 4.90 Å². The Morgan fingerprint density at radius 3 is 2.54 bits per heavy atom. The number of nitrogens with two attached hydrogens (primary N) is 1. The van der Waals surface area contributed by atoms with Crippen LogP contribution in [0.4, 0.5) is 10.1 Å². The van der Waals surface area contributed by atoms with Gasteiger partial charge in [0, 0.05) is 22.7 Å². The van der Waals surface area contributed by atoms with Crippen LogP contribution in [0.25, 0.3) is 0 Å². The van der Waals surface area contributed by atoms with Crippen LogP contribution >= 0.6 is 11.6 Å². The molecule has 4 rings (SSSR count). The molecule has 0 fully saturated rings. The molecule has 0 amide bonds. The number of allylic oxidation sites excluding steroid dienone is 3. The van der Waals surface area contributed by atoms with Crippen molar-refractivity contribution in [2.24, 2.45) is 5.73 Å². The van der Waals surface area contributed by atoms with Crippen LogP contribution in [0.15, 0.2) is 71.2 Å². The van der Waals surface area contributed by atoms with Gasteiger partial charge in [0.15, 0.2) is 5.78 Å². The number of para-hydroxylation sites is 1. The molecule has 1 heterocycles. The van der Waals surface area contributed by atoms with Gasteiger partial charge >= 0.3 is 0 Å². The van der Waals surface area contributed by atoms with E-state index in [2.05, 4.69) is 6.07 Å². The van der Waals surface area contributed by atoms with Gasteiger partial charge in [-0.25, -0.2) is 4.39 Å². The number of rotatable bonds is 2. The van der Waals surface area contributed by atoms with E-state index < -0.39 is 11.7 Å². The van der Waals surface area contributed by atoms with Crippen LogP contribution in [-0.2, 0) is 4.79 Å². The molecule has 0 aromatic heterocycles. The Balaban J connectivity index is 1.98. The van der Waals surface area contributed by atoms with Gasteiger partial charge in [-0.1, -0.05) is 35.9 Å². The number of halogens is 2. The fourth-order valence-corrected chi connectivity index (χ4v) is 4.11. The number of anilines is 1. The molecule has 0 saturated heterocycles. The zero-order valence-corrected chi connectivity index (χ0v) is 15.7. The smallest absolute Gasteiger partial charge is 0.161 e. The van der Waals surface area contributed by atoms with E-state index in [-0.39, 0.29) is 22.9 Å². The van der Waals surface area contributed by atoms with Crippen molar-refractivity contribution < 1.29 is 9.18 Å². The Morgan fingerprint density at radius 2 is 1.86 bits per heavy atom. The molecular weight excluding hydrogens is 377 g/mol. The molecule has 2 aliphatic rings. The summed E-state index contributed by atoms with van der Waals surface area (Å²) in [6.45, 7) is 0. The van der Waals surface area contributed by atoms with Gasteiger partial charge in [-0.2, -0.15) is 5.26 Å². The summed E-state index contributed by atoms with van der Waals surface area (Å²) >= 11 is 6.01. The highest BCUT2D eigenvalue weighted by atomic mass is 35.5. The second kappa shape index (κ2) is 7.14. The minimum absolute atomic E-state index is 0.0391. The maximum Gasteiger partial charge on any atom is 0.161 e. The van der Waals surface area contributed by atoms with Crippen molar-refractivity contribution >= 4 is 23.1 Å². The van der Waals surface area contributed by atoms with Gasteiger partial charge in [0.05, 0.1) is 23.2 Å². The summed E-state index contributed by atoms with van der Waals surface area (Å²) in [5, 5.41) is 10.5. The topological polar surface area (TPSA) is 70.1 Å². The number of ketones is 1. The molecule has 1 unspecified atom stereocenters. The van der Waals surface area contributed by atoms with Gasteiger partial charge in [-0.15, -0.1) is 0 Å². The van der Waals surface area contributed by atoms with E-state index in [1.54, 1.807) is 42.5 Å². The van der Waals surface area contributed by atoms with Crippen molar-refractivity contribution in [3.05, 3.63) is 87.6 Å². The average Bonchev–Trinajstić information content (AvgIpc) is 2.69. The fraction of sp³-hybridized carbons (Fsp3) is 0.182. The molecule has 0 bridgehead atoms. The molecule has 0 spiro atoms. The van der Waals surface area contributed by atoms with E-state index in [0.29, 0.717) is 35.6 Å². The lowest BCUT2D eigenvalue weighted by Crippen LogP contribution is -2.39. The number of hydrogen-bond acceptors (Lipinski definition) is 4. The lowest BCUT2D eigenvalue weighted by molar-refractivity contribution is -0.116. The van der Waals surface area contributed by atoms with Crippen LogP contribution in [0, 0.1) is 17.1 Å². The van der Waals surface area contributed by atoms with E-state index in [1.807, 2.05) is 0 Å². The molecule has 140 valence electrons. The number of hydrogen-bond donors (Lipinski definition) is 1. The predicted molar refractivity (Wildman–Crippen MR) is 106 cm³/mol. The first-order valence-corrected chi connectivity index (χ1v) is 9.37. The predicted octanol–water partition coefficient (Wildman–Crippen LogP) is 4.78. The summed E-state index contributed by atoms with van der Waals surface area (Å²) in [5.74, 6) is -0.922.